The normalized spacial score (nSPS) is 11.7. The zero-order valence-electron chi connectivity index (χ0n) is 14.4. The zero-order chi connectivity index (χ0) is 19.1. The van der Waals surface area contributed by atoms with Gasteiger partial charge in [0.25, 0.3) is 0 Å². The highest BCUT2D eigenvalue weighted by Gasteiger charge is 2.17. The Morgan fingerprint density at radius 2 is 1.81 bits per heavy atom. The predicted octanol–water partition coefficient (Wildman–Crippen LogP) is 3.76. The number of carbonyl (C=O) groups excluding carboxylic acids is 2. The van der Waals surface area contributed by atoms with E-state index in [1.165, 1.54) is 0 Å². The fourth-order valence-electron chi connectivity index (χ4n) is 2.54. The summed E-state index contributed by atoms with van der Waals surface area (Å²) in [5, 5.41) is 6.59. The molecule has 0 saturated carbocycles. The quantitative estimate of drug-likeness (QED) is 0.668. The minimum absolute atomic E-state index is 0.0976. The highest BCUT2D eigenvalue weighted by molar-refractivity contribution is 6.35. The van der Waals surface area contributed by atoms with Crippen molar-refractivity contribution < 1.29 is 9.59 Å². The van der Waals surface area contributed by atoms with Crippen molar-refractivity contribution in [2.24, 2.45) is 5.73 Å². The molecule has 4 N–H and O–H groups in total. The van der Waals surface area contributed by atoms with Crippen molar-refractivity contribution in [3.8, 4) is 0 Å². The van der Waals surface area contributed by atoms with Crippen LogP contribution in [0.4, 0.5) is 4.79 Å². The molecule has 2 aromatic carbocycles. The smallest absolute Gasteiger partial charge is 0.312 e. The van der Waals surface area contributed by atoms with Gasteiger partial charge in [-0.25, -0.2) is 4.79 Å². The Bertz CT molecular complexity index is 779. The summed E-state index contributed by atoms with van der Waals surface area (Å²) in [5.74, 6) is -0.186. The average Bonchev–Trinajstić information content (AvgIpc) is 2.56. The lowest BCUT2D eigenvalue weighted by molar-refractivity contribution is -0.121. The average molecular weight is 394 g/mol. The Morgan fingerprint density at radius 3 is 2.42 bits per heavy atom. The minimum atomic E-state index is -0.670. The van der Waals surface area contributed by atoms with Gasteiger partial charge in [0.2, 0.25) is 5.91 Å². The molecule has 5 nitrogen and oxygen atoms in total. The lowest BCUT2D eigenvalue weighted by atomic mass is 10.0. The maximum atomic E-state index is 12.2. The molecule has 3 amide bonds. The van der Waals surface area contributed by atoms with Gasteiger partial charge in [0, 0.05) is 16.6 Å². The molecule has 0 radical (unpaired) electrons. The zero-order valence-corrected chi connectivity index (χ0v) is 15.9. The number of amides is 3. The van der Waals surface area contributed by atoms with Crippen LogP contribution in [0.25, 0.3) is 0 Å². The Labute approximate surface area is 162 Å². The molecular formula is C19H21Cl2N3O2. The first kappa shape index (κ1) is 20.1. The molecule has 0 aliphatic carbocycles. The first-order valence-corrected chi connectivity index (χ1v) is 8.94. The van der Waals surface area contributed by atoms with Gasteiger partial charge in [-0.05, 0) is 36.6 Å². The van der Waals surface area contributed by atoms with Crippen LogP contribution in [0.2, 0.25) is 10.0 Å². The lowest BCUT2D eigenvalue weighted by Crippen LogP contribution is -2.37. The molecule has 0 heterocycles. The monoisotopic (exact) mass is 393 g/mol. The van der Waals surface area contributed by atoms with E-state index in [0.717, 1.165) is 16.7 Å². The number of hydrogen-bond donors (Lipinski definition) is 3. The van der Waals surface area contributed by atoms with Gasteiger partial charge in [0.05, 0.1) is 12.5 Å². The number of urea groups is 1. The molecule has 0 aliphatic heterocycles. The largest absolute Gasteiger partial charge is 0.356 e. The molecule has 1 atom stereocenters. The molecule has 0 saturated heterocycles. The van der Waals surface area contributed by atoms with Crippen LogP contribution in [0.3, 0.4) is 0 Å². The van der Waals surface area contributed by atoms with Crippen molar-refractivity contribution in [3.05, 3.63) is 69.2 Å². The summed E-state index contributed by atoms with van der Waals surface area (Å²) < 4.78 is 0. The number of nitrogens with one attached hydrogen (secondary N) is 2. The molecule has 0 bridgehead atoms. The van der Waals surface area contributed by atoms with Gasteiger partial charge in [-0.3, -0.25) is 4.79 Å². The van der Waals surface area contributed by atoms with Crippen LogP contribution in [0.1, 0.15) is 29.2 Å². The van der Waals surface area contributed by atoms with Gasteiger partial charge < -0.3 is 16.4 Å². The summed E-state index contributed by atoms with van der Waals surface area (Å²) in [6.07, 6.45) is 0.681. The van der Waals surface area contributed by atoms with E-state index in [2.05, 4.69) is 10.6 Å². The van der Waals surface area contributed by atoms with E-state index in [4.69, 9.17) is 28.9 Å². The Morgan fingerprint density at radius 1 is 1.12 bits per heavy atom. The molecule has 138 valence electrons. The second kappa shape index (κ2) is 9.46. The molecule has 2 rings (SSSR count). The van der Waals surface area contributed by atoms with Crippen LogP contribution in [0.15, 0.2) is 42.5 Å². The number of carbonyl (C=O) groups is 2. The van der Waals surface area contributed by atoms with E-state index < -0.39 is 12.1 Å². The maximum Gasteiger partial charge on any atom is 0.312 e. The summed E-state index contributed by atoms with van der Waals surface area (Å²) in [6, 6.07) is 11.7. The second-order valence-electron chi connectivity index (χ2n) is 6.01. The third-order valence-electron chi connectivity index (χ3n) is 3.92. The van der Waals surface area contributed by atoms with E-state index in [0.29, 0.717) is 23.0 Å². The second-order valence-corrected chi connectivity index (χ2v) is 6.86. The van der Waals surface area contributed by atoms with Crippen LogP contribution in [0, 0.1) is 6.92 Å². The van der Waals surface area contributed by atoms with Crippen LogP contribution in [-0.4, -0.2) is 18.5 Å². The molecule has 2 aromatic rings. The van der Waals surface area contributed by atoms with Gasteiger partial charge >= 0.3 is 6.03 Å². The van der Waals surface area contributed by atoms with E-state index in [9.17, 15) is 9.59 Å². The highest BCUT2D eigenvalue weighted by atomic mass is 35.5. The Balaban J connectivity index is 1.92. The third kappa shape index (κ3) is 6.24. The van der Waals surface area contributed by atoms with Crippen molar-refractivity contribution in [1.82, 2.24) is 10.6 Å². The summed E-state index contributed by atoms with van der Waals surface area (Å²) in [4.78, 5) is 23.5. The molecule has 0 fully saturated rings. The summed E-state index contributed by atoms with van der Waals surface area (Å²) >= 11 is 12.0. The number of nitrogens with two attached hydrogens (primary N) is 1. The van der Waals surface area contributed by atoms with Crippen molar-refractivity contribution >= 4 is 35.1 Å². The molecule has 7 heteroatoms. The van der Waals surface area contributed by atoms with Gasteiger partial charge in [0.15, 0.2) is 0 Å². The first-order chi connectivity index (χ1) is 12.3. The SMILES string of the molecule is Cc1ccc([C@@H](CC(=O)NCCc2ccc(Cl)cc2Cl)NC(N)=O)cc1. The van der Waals surface area contributed by atoms with E-state index in [1.807, 2.05) is 37.3 Å². The summed E-state index contributed by atoms with van der Waals surface area (Å²) in [5.41, 5.74) is 8.06. The molecule has 0 aromatic heterocycles. The third-order valence-corrected chi connectivity index (χ3v) is 4.50. The molecule has 0 spiro atoms. The number of rotatable bonds is 7. The van der Waals surface area contributed by atoms with Crippen LogP contribution in [0.5, 0.6) is 0 Å². The number of hydrogen-bond acceptors (Lipinski definition) is 2. The number of primary amides is 1. The summed E-state index contributed by atoms with van der Waals surface area (Å²) in [7, 11) is 0. The Kier molecular flexibility index (Phi) is 7.30. The maximum absolute atomic E-state index is 12.2. The Hall–Kier alpha value is -2.24. The number of benzene rings is 2. The number of aryl methyl sites for hydroxylation is 1. The van der Waals surface area contributed by atoms with Crippen LogP contribution in [-0.2, 0) is 11.2 Å². The number of halogens is 2. The van der Waals surface area contributed by atoms with E-state index >= 15 is 0 Å². The molecular weight excluding hydrogens is 373 g/mol. The predicted molar refractivity (Wildman–Crippen MR) is 104 cm³/mol. The molecule has 26 heavy (non-hydrogen) atoms. The fraction of sp³-hybridized carbons (Fsp3) is 0.263. The standard InChI is InChI=1S/C19H21Cl2N3O2/c1-12-2-4-14(5-3-12)17(24-19(22)26)11-18(25)23-9-8-13-6-7-15(20)10-16(13)21/h2-7,10,17H,8-9,11H2,1H3,(H,23,25)(H3,22,24,26)/t17-/m1/s1. The van der Waals surface area contributed by atoms with E-state index in [1.54, 1.807) is 12.1 Å². The highest BCUT2D eigenvalue weighted by Crippen LogP contribution is 2.21. The van der Waals surface area contributed by atoms with Gasteiger partial charge in [0.1, 0.15) is 0 Å². The minimum Gasteiger partial charge on any atom is -0.356 e. The van der Waals surface area contributed by atoms with Gasteiger partial charge in [-0.2, -0.15) is 0 Å². The van der Waals surface area contributed by atoms with Gasteiger partial charge in [-0.1, -0.05) is 59.1 Å². The van der Waals surface area contributed by atoms with Crippen molar-refractivity contribution in [1.29, 1.82) is 0 Å². The fourth-order valence-corrected chi connectivity index (χ4v) is 3.04. The summed E-state index contributed by atoms with van der Waals surface area (Å²) in [6.45, 7) is 2.40. The molecule has 0 aliphatic rings. The van der Waals surface area contributed by atoms with Crippen LogP contribution >= 0.6 is 23.2 Å². The topological polar surface area (TPSA) is 84.2 Å². The first-order valence-electron chi connectivity index (χ1n) is 8.18. The van der Waals surface area contributed by atoms with Crippen molar-refractivity contribution in [2.75, 3.05) is 6.54 Å². The molecule has 0 unspecified atom stereocenters. The van der Waals surface area contributed by atoms with Crippen LogP contribution < -0.4 is 16.4 Å². The van der Waals surface area contributed by atoms with Gasteiger partial charge in [-0.15, -0.1) is 0 Å². The van der Waals surface area contributed by atoms with E-state index in [-0.39, 0.29) is 12.3 Å². The van der Waals surface area contributed by atoms with Crippen molar-refractivity contribution in [2.45, 2.75) is 25.8 Å². The lowest BCUT2D eigenvalue weighted by Gasteiger charge is -2.18. The van der Waals surface area contributed by atoms with Crippen molar-refractivity contribution in [3.63, 3.8) is 0 Å².